The van der Waals surface area contributed by atoms with Gasteiger partial charge in [0.15, 0.2) is 0 Å². The van der Waals surface area contributed by atoms with Crippen LogP contribution >= 0.6 is 0 Å². The molecule has 0 aliphatic heterocycles. The Labute approximate surface area is 89.9 Å². The van der Waals surface area contributed by atoms with Gasteiger partial charge in [-0.25, -0.2) is 4.79 Å². The van der Waals surface area contributed by atoms with Crippen LogP contribution in [0.4, 0.5) is 0 Å². The van der Waals surface area contributed by atoms with Crippen LogP contribution in [0.5, 0.6) is 0 Å². The first-order chi connectivity index (χ1) is 7.61. The summed E-state index contributed by atoms with van der Waals surface area (Å²) in [5.41, 5.74) is 1.10. The molecule has 0 saturated carbocycles. The van der Waals surface area contributed by atoms with Gasteiger partial charge in [0.2, 0.25) is 0 Å². The molecule has 0 unspecified atom stereocenters. The maximum Gasteiger partial charge on any atom is 0.378 e. The molecule has 2 aromatic rings. The van der Waals surface area contributed by atoms with Crippen LogP contribution in [-0.2, 0) is 4.79 Å². The van der Waals surface area contributed by atoms with Gasteiger partial charge in [0.05, 0.1) is 17.3 Å². The lowest BCUT2D eigenvalue weighted by Crippen LogP contribution is -2.12. The van der Waals surface area contributed by atoms with Crippen molar-refractivity contribution in [3.05, 3.63) is 35.5 Å². The summed E-state index contributed by atoms with van der Waals surface area (Å²) in [6.45, 7) is 0. The highest BCUT2D eigenvalue weighted by Gasteiger charge is 2.16. The van der Waals surface area contributed by atoms with Crippen molar-refractivity contribution in [1.29, 1.82) is 5.26 Å². The number of rotatable bonds is 2. The smallest absolute Gasteiger partial charge is 0.378 e. The number of benzene rings is 1. The zero-order valence-electron chi connectivity index (χ0n) is 8.02. The van der Waals surface area contributed by atoms with Crippen LogP contribution in [0.25, 0.3) is 10.9 Å². The van der Waals surface area contributed by atoms with Crippen LogP contribution in [0, 0.1) is 11.3 Å². The van der Waals surface area contributed by atoms with Gasteiger partial charge < -0.3 is 10.1 Å². The van der Waals surface area contributed by atoms with Gasteiger partial charge in [-0.05, 0) is 24.3 Å². The van der Waals surface area contributed by atoms with Crippen LogP contribution in [0.15, 0.2) is 24.3 Å². The summed E-state index contributed by atoms with van der Waals surface area (Å²) in [6, 6.07) is 8.20. The molecular formula is C11H6N2O3. The number of nitrogens with one attached hydrogen (secondary N) is 1. The Morgan fingerprint density at radius 2 is 2.06 bits per heavy atom. The summed E-state index contributed by atoms with van der Waals surface area (Å²) in [5.74, 6) is -2.50. The number of carbonyl (C=O) groups excluding carboxylic acids is 1. The first kappa shape index (κ1) is 9.93. The van der Waals surface area contributed by atoms with E-state index in [1.165, 1.54) is 6.07 Å². The number of nitriles is 1. The second kappa shape index (κ2) is 3.51. The lowest BCUT2D eigenvalue weighted by atomic mass is 10.2. The van der Waals surface area contributed by atoms with Gasteiger partial charge in [-0.2, -0.15) is 5.26 Å². The molecule has 0 aliphatic rings. The van der Waals surface area contributed by atoms with Gasteiger partial charge in [0, 0.05) is 10.9 Å². The minimum Gasteiger partial charge on any atom is -0.475 e. The molecule has 0 amide bonds. The zero-order chi connectivity index (χ0) is 11.7. The Bertz CT molecular complexity index is 634. The number of aromatic nitrogens is 1. The van der Waals surface area contributed by atoms with E-state index in [-0.39, 0.29) is 5.69 Å². The molecule has 0 spiro atoms. The van der Waals surface area contributed by atoms with E-state index in [9.17, 15) is 9.59 Å². The Hall–Kier alpha value is -2.61. The molecule has 2 N–H and O–H groups in total. The van der Waals surface area contributed by atoms with Gasteiger partial charge in [-0.3, -0.25) is 4.79 Å². The fourth-order valence-electron chi connectivity index (χ4n) is 1.44. The number of fused-ring (bicyclic) bond motifs is 1. The van der Waals surface area contributed by atoms with Crippen molar-refractivity contribution < 1.29 is 14.7 Å². The highest BCUT2D eigenvalue weighted by Crippen LogP contribution is 2.17. The molecule has 0 fully saturated rings. The fraction of sp³-hybridized carbons (Fsp3) is 0. The molecule has 1 aromatic carbocycles. The molecule has 0 aliphatic carbocycles. The molecular weight excluding hydrogens is 208 g/mol. The first-order valence-corrected chi connectivity index (χ1v) is 4.42. The molecule has 2 rings (SSSR count). The number of carboxylic acid groups (broad SMARTS) is 1. The lowest BCUT2D eigenvalue weighted by Gasteiger charge is -1.89. The SMILES string of the molecule is N#Cc1ccc2[nH]c(C(=O)C(=O)O)cc2c1. The average Bonchev–Trinajstić information content (AvgIpc) is 2.69. The number of H-pyrrole nitrogens is 1. The molecule has 78 valence electrons. The first-order valence-electron chi connectivity index (χ1n) is 4.42. The molecule has 0 radical (unpaired) electrons. The van der Waals surface area contributed by atoms with E-state index in [2.05, 4.69) is 4.98 Å². The summed E-state index contributed by atoms with van der Waals surface area (Å²) in [4.78, 5) is 24.3. The molecule has 1 heterocycles. The second-order valence-corrected chi connectivity index (χ2v) is 3.23. The molecule has 0 saturated heterocycles. The Morgan fingerprint density at radius 1 is 1.31 bits per heavy atom. The maximum absolute atomic E-state index is 11.2. The summed E-state index contributed by atoms with van der Waals surface area (Å²) < 4.78 is 0. The van der Waals surface area contributed by atoms with E-state index in [4.69, 9.17) is 10.4 Å². The van der Waals surface area contributed by atoms with E-state index < -0.39 is 11.8 Å². The van der Waals surface area contributed by atoms with Gasteiger partial charge >= 0.3 is 5.97 Å². The number of hydrogen-bond acceptors (Lipinski definition) is 3. The number of Topliss-reactive ketones (excluding diaryl/α,β-unsaturated/α-hetero) is 1. The number of ketones is 1. The Balaban J connectivity index is 2.57. The van der Waals surface area contributed by atoms with Crippen molar-refractivity contribution in [2.75, 3.05) is 0 Å². The third-order valence-corrected chi connectivity index (χ3v) is 2.19. The largest absolute Gasteiger partial charge is 0.475 e. The predicted molar refractivity (Wildman–Crippen MR) is 55.0 cm³/mol. The van der Waals surface area contributed by atoms with Crippen LogP contribution in [0.1, 0.15) is 16.1 Å². The third-order valence-electron chi connectivity index (χ3n) is 2.19. The number of hydrogen-bond donors (Lipinski definition) is 2. The van der Waals surface area contributed by atoms with Crippen LogP contribution in [-0.4, -0.2) is 21.8 Å². The monoisotopic (exact) mass is 214 g/mol. The minimum absolute atomic E-state index is 0.0117. The van der Waals surface area contributed by atoms with Crippen molar-refractivity contribution in [2.45, 2.75) is 0 Å². The molecule has 16 heavy (non-hydrogen) atoms. The van der Waals surface area contributed by atoms with E-state index in [1.54, 1.807) is 18.2 Å². The Morgan fingerprint density at radius 3 is 2.69 bits per heavy atom. The third kappa shape index (κ3) is 1.53. The highest BCUT2D eigenvalue weighted by atomic mass is 16.4. The van der Waals surface area contributed by atoms with E-state index in [1.807, 2.05) is 6.07 Å². The normalized spacial score (nSPS) is 9.94. The van der Waals surface area contributed by atoms with Gasteiger partial charge in [-0.15, -0.1) is 0 Å². The maximum atomic E-state index is 11.2. The summed E-state index contributed by atoms with van der Waals surface area (Å²) >= 11 is 0. The van der Waals surface area contributed by atoms with Crippen LogP contribution < -0.4 is 0 Å². The number of carboxylic acids is 1. The predicted octanol–water partition coefficient (Wildman–Crippen LogP) is 1.31. The number of aromatic amines is 1. The molecule has 0 atom stereocenters. The van der Waals surface area contributed by atoms with Gasteiger partial charge in [-0.1, -0.05) is 0 Å². The molecule has 5 nitrogen and oxygen atoms in total. The number of aliphatic carboxylic acids is 1. The fourth-order valence-corrected chi connectivity index (χ4v) is 1.44. The van der Waals surface area contributed by atoms with E-state index in [0.29, 0.717) is 16.5 Å². The lowest BCUT2D eigenvalue weighted by molar-refractivity contribution is -0.131. The van der Waals surface area contributed by atoms with Crippen LogP contribution in [0.2, 0.25) is 0 Å². The van der Waals surface area contributed by atoms with E-state index >= 15 is 0 Å². The summed E-state index contributed by atoms with van der Waals surface area (Å²) in [7, 11) is 0. The quantitative estimate of drug-likeness (QED) is 0.582. The average molecular weight is 214 g/mol. The van der Waals surface area contributed by atoms with Gasteiger partial charge in [0.25, 0.3) is 5.78 Å². The molecule has 0 bridgehead atoms. The standard InChI is InChI=1S/C11H6N2O3/c12-5-6-1-2-8-7(3-6)4-9(13-8)10(14)11(15)16/h1-4,13H,(H,15,16). The van der Waals surface area contributed by atoms with Crippen molar-refractivity contribution in [3.63, 3.8) is 0 Å². The van der Waals surface area contributed by atoms with Gasteiger partial charge in [0.1, 0.15) is 0 Å². The second-order valence-electron chi connectivity index (χ2n) is 3.23. The molecule has 5 heteroatoms. The molecule has 1 aromatic heterocycles. The van der Waals surface area contributed by atoms with Crippen LogP contribution in [0.3, 0.4) is 0 Å². The van der Waals surface area contributed by atoms with Crippen molar-refractivity contribution in [2.24, 2.45) is 0 Å². The van der Waals surface area contributed by atoms with Crippen molar-refractivity contribution in [3.8, 4) is 6.07 Å². The zero-order valence-corrected chi connectivity index (χ0v) is 8.02. The topological polar surface area (TPSA) is 94.0 Å². The summed E-state index contributed by atoms with van der Waals surface area (Å²) in [6.07, 6.45) is 0. The number of carbonyl (C=O) groups is 2. The van der Waals surface area contributed by atoms with Crippen molar-refractivity contribution >= 4 is 22.7 Å². The summed E-state index contributed by atoms with van der Waals surface area (Å²) in [5, 5.41) is 17.9. The Kier molecular flexibility index (Phi) is 2.18. The number of nitrogens with zero attached hydrogens (tertiary/aromatic N) is 1. The van der Waals surface area contributed by atoms with Crippen molar-refractivity contribution in [1.82, 2.24) is 4.98 Å². The van der Waals surface area contributed by atoms with E-state index in [0.717, 1.165) is 0 Å². The highest BCUT2D eigenvalue weighted by molar-refractivity contribution is 6.39. The minimum atomic E-state index is -1.51.